The van der Waals surface area contributed by atoms with Crippen molar-refractivity contribution >= 4 is 12.1 Å². The molecular weight excluding hydrogens is 373 g/mol. The zero-order chi connectivity index (χ0) is 20.2. The van der Waals surface area contributed by atoms with Gasteiger partial charge in [0, 0.05) is 7.11 Å². The van der Waals surface area contributed by atoms with Crippen LogP contribution < -0.4 is 0 Å². The highest BCUT2D eigenvalue weighted by molar-refractivity contribution is 5.90. The molecule has 1 aliphatic heterocycles. The predicted octanol–water partition coefficient (Wildman–Crippen LogP) is 2.22. The van der Waals surface area contributed by atoms with Crippen LogP contribution in [0, 0.1) is 0 Å². The average molecular weight is 392 g/mol. The molecular formula is C16H19F3N2O6. The van der Waals surface area contributed by atoms with Gasteiger partial charge in [0.25, 0.3) is 0 Å². The molecule has 150 valence electrons. The van der Waals surface area contributed by atoms with Crippen molar-refractivity contribution in [1.29, 1.82) is 0 Å². The van der Waals surface area contributed by atoms with Crippen molar-refractivity contribution < 1.29 is 41.7 Å². The number of nitrogens with zero attached hydrogens (tertiary/aromatic N) is 2. The summed E-state index contributed by atoms with van der Waals surface area (Å²) in [4.78, 5) is 28.2. The number of hydrogen-bond acceptors (Lipinski definition) is 7. The Morgan fingerprint density at radius 1 is 1.37 bits per heavy atom. The molecule has 1 unspecified atom stereocenters. The van der Waals surface area contributed by atoms with Gasteiger partial charge in [-0.3, -0.25) is 4.90 Å². The van der Waals surface area contributed by atoms with Crippen LogP contribution in [0.5, 0.6) is 0 Å². The minimum absolute atomic E-state index is 0.0378. The molecule has 1 atom stereocenters. The van der Waals surface area contributed by atoms with E-state index in [1.54, 1.807) is 6.92 Å². The Kier molecular flexibility index (Phi) is 6.26. The standard InChI is InChI=1S/C16H19F3N2O6/c1-15(7-21(9-24-2)14(23)27-15)8-26-6-11-10(13(22)25-3)4-5-12(20-11)16(17,18)19/h4-5H,6-9H2,1-3H3. The van der Waals surface area contributed by atoms with E-state index in [0.717, 1.165) is 13.2 Å². The van der Waals surface area contributed by atoms with Gasteiger partial charge in [-0.2, -0.15) is 13.2 Å². The van der Waals surface area contributed by atoms with Crippen LogP contribution in [0.2, 0.25) is 0 Å². The lowest BCUT2D eigenvalue weighted by Gasteiger charge is -2.21. The number of esters is 1. The highest BCUT2D eigenvalue weighted by Crippen LogP contribution is 2.29. The predicted molar refractivity (Wildman–Crippen MR) is 83.7 cm³/mol. The second-order valence-electron chi connectivity index (χ2n) is 6.11. The molecule has 0 saturated carbocycles. The van der Waals surface area contributed by atoms with Gasteiger partial charge in [0.05, 0.1) is 38.1 Å². The molecule has 0 N–H and O–H groups in total. The first-order valence-corrected chi connectivity index (χ1v) is 7.79. The van der Waals surface area contributed by atoms with Crippen LogP contribution in [0.4, 0.5) is 18.0 Å². The fourth-order valence-corrected chi connectivity index (χ4v) is 2.53. The van der Waals surface area contributed by atoms with Crippen LogP contribution in [0.25, 0.3) is 0 Å². The summed E-state index contributed by atoms with van der Waals surface area (Å²) in [6.45, 7) is 1.32. The van der Waals surface area contributed by atoms with Crippen molar-refractivity contribution in [3.63, 3.8) is 0 Å². The lowest BCUT2D eigenvalue weighted by atomic mass is 10.1. The molecule has 2 rings (SSSR count). The maximum atomic E-state index is 12.9. The zero-order valence-electron chi connectivity index (χ0n) is 15.0. The SMILES string of the molecule is COCN1CC(C)(COCc2nc(C(F)(F)F)ccc2C(=O)OC)OC1=O. The van der Waals surface area contributed by atoms with E-state index in [9.17, 15) is 22.8 Å². The van der Waals surface area contributed by atoms with Gasteiger partial charge in [0.2, 0.25) is 0 Å². The molecule has 0 aliphatic carbocycles. The maximum Gasteiger partial charge on any atom is 0.433 e. The third kappa shape index (κ3) is 5.07. The second-order valence-corrected chi connectivity index (χ2v) is 6.11. The lowest BCUT2D eigenvalue weighted by Crippen LogP contribution is -2.36. The number of cyclic esters (lactones) is 1. The third-order valence-corrected chi connectivity index (χ3v) is 3.72. The Morgan fingerprint density at radius 3 is 2.67 bits per heavy atom. The Balaban J connectivity index is 2.10. The fraction of sp³-hybridized carbons (Fsp3) is 0.562. The summed E-state index contributed by atoms with van der Waals surface area (Å²) in [5.41, 5.74) is -2.53. The van der Waals surface area contributed by atoms with Gasteiger partial charge in [-0.15, -0.1) is 0 Å². The van der Waals surface area contributed by atoms with Gasteiger partial charge in [0.1, 0.15) is 12.4 Å². The second kappa shape index (κ2) is 8.09. The summed E-state index contributed by atoms with van der Waals surface area (Å²) in [5, 5.41) is 0. The minimum atomic E-state index is -4.67. The molecule has 1 fully saturated rings. The Labute approximate surface area is 153 Å². The Morgan fingerprint density at radius 2 is 2.07 bits per heavy atom. The van der Waals surface area contributed by atoms with Crippen molar-refractivity contribution in [2.75, 3.05) is 34.1 Å². The van der Waals surface area contributed by atoms with Crippen LogP contribution in [0.1, 0.15) is 28.7 Å². The van der Waals surface area contributed by atoms with Gasteiger partial charge in [-0.25, -0.2) is 14.6 Å². The first-order valence-electron chi connectivity index (χ1n) is 7.79. The molecule has 1 aromatic rings. The number of hydrogen-bond donors (Lipinski definition) is 0. The van der Waals surface area contributed by atoms with Crippen molar-refractivity contribution in [3.8, 4) is 0 Å². The fourth-order valence-electron chi connectivity index (χ4n) is 2.53. The summed E-state index contributed by atoms with van der Waals surface area (Å²) in [5.74, 6) is -0.834. The number of amides is 1. The van der Waals surface area contributed by atoms with Gasteiger partial charge in [-0.05, 0) is 19.1 Å². The van der Waals surface area contributed by atoms with Gasteiger partial charge >= 0.3 is 18.2 Å². The summed E-state index contributed by atoms with van der Waals surface area (Å²) < 4.78 is 58.7. The lowest BCUT2D eigenvalue weighted by molar-refractivity contribution is -0.141. The van der Waals surface area contributed by atoms with Crippen LogP contribution in [-0.2, 0) is 31.7 Å². The zero-order valence-corrected chi connectivity index (χ0v) is 15.0. The molecule has 27 heavy (non-hydrogen) atoms. The van der Waals surface area contributed by atoms with Crippen LogP contribution in [0.15, 0.2) is 12.1 Å². The third-order valence-electron chi connectivity index (χ3n) is 3.72. The van der Waals surface area contributed by atoms with E-state index in [1.807, 2.05) is 0 Å². The molecule has 0 radical (unpaired) electrons. The molecule has 0 aromatic carbocycles. The molecule has 0 spiro atoms. The number of rotatable bonds is 7. The number of pyridine rings is 1. The highest BCUT2D eigenvalue weighted by atomic mass is 19.4. The number of aromatic nitrogens is 1. The van der Waals surface area contributed by atoms with E-state index in [1.165, 1.54) is 12.0 Å². The van der Waals surface area contributed by atoms with E-state index >= 15 is 0 Å². The average Bonchev–Trinajstić information content (AvgIpc) is 2.87. The summed E-state index contributed by atoms with van der Waals surface area (Å²) in [6, 6.07) is 1.68. The van der Waals surface area contributed by atoms with Crippen molar-refractivity contribution in [2.24, 2.45) is 0 Å². The number of halogens is 3. The highest BCUT2D eigenvalue weighted by Gasteiger charge is 2.41. The monoisotopic (exact) mass is 392 g/mol. The van der Waals surface area contributed by atoms with Gasteiger partial charge < -0.3 is 18.9 Å². The first-order chi connectivity index (χ1) is 12.6. The topological polar surface area (TPSA) is 87.2 Å². The molecule has 1 aliphatic rings. The van der Waals surface area contributed by atoms with E-state index < -0.39 is 36.1 Å². The van der Waals surface area contributed by atoms with Crippen molar-refractivity contribution in [2.45, 2.75) is 25.3 Å². The number of alkyl halides is 3. The van der Waals surface area contributed by atoms with Crippen molar-refractivity contribution in [1.82, 2.24) is 9.88 Å². The molecule has 1 saturated heterocycles. The number of methoxy groups -OCH3 is 2. The molecule has 8 nitrogen and oxygen atoms in total. The molecule has 1 amide bonds. The number of ether oxygens (including phenoxy) is 4. The molecule has 0 bridgehead atoms. The van der Waals surface area contributed by atoms with E-state index in [2.05, 4.69) is 9.72 Å². The summed E-state index contributed by atoms with van der Waals surface area (Å²) >= 11 is 0. The van der Waals surface area contributed by atoms with Crippen LogP contribution in [0.3, 0.4) is 0 Å². The molecule has 2 heterocycles. The number of carbonyl (C=O) groups excluding carboxylic acids is 2. The van der Waals surface area contributed by atoms with E-state index in [0.29, 0.717) is 6.07 Å². The minimum Gasteiger partial charge on any atom is -0.465 e. The summed E-state index contributed by atoms with van der Waals surface area (Å²) in [6.07, 6.45) is -5.26. The van der Waals surface area contributed by atoms with E-state index in [-0.39, 0.29) is 31.1 Å². The van der Waals surface area contributed by atoms with Gasteiger partial charge in [-0.1, -0.05) is 0 Å². The Bertz CT molecular complexity index is 712. The molecule has 11 heteroatoms. The largest absolute Gasteiger partial charge is 0.465 e. The summed E-state index contributed by atoms with van der Waals surface area (Å²) in [7, 11) is 2.53. The van der Waals surface area contributed by atoms with Crippen LogP contribution in [-0.4, -0.2) is 61.6 Å². The van der Waals surface area contributed by atoms with Crippen LogP contribution >= 0.6 is 0 Å². The Hall–Kier alpha value is -2.40. The first kappa shape index (κ1) is 20.9. The van der Waals surface area contributed by atoms with Crippen molar-refractivity contribution in [3.05, 3.63) is 29.1 Å². The molecule has 1 aromatic heterocycles. The van der Waals surface area contributed by atoms with E-state index in [4.69, 9.17) is 14.2 Å². The van der Waals surface area contributed by atoms with Gasteiger partial charge in [0.15, 0.2) is 5.60 Å². The maximum absolute atomic E-state index is 12.9. The normalized spacial score (nSPS) is 19.9. The smallest absolute Gasteiger partial charge is 0.433 e. The number of carbonyl (C=O) groups is 2. The quantitative estimate of drug-likeness (QED) is 0.658.